The highest BCUT2D eigenvalue weighted by molar-refractivity contribution is 6.32. The molecule has 1 aromatic carbocycles. The third-order valence-electron chi connectivity index (χ3n) is 8.05. The second-order valence-corrected chi connectivity index (χ2v) is 11.1. The number of fused-ring (bicyclic) bond motifs is 1. The number of pyridine rings is 1. The van der Waals surface area contributed by atoms with Crippen LogP contribution in [0.4, 0.5) is 0 Å². The van der Waals surface area contributed by atoms with Crippen LogP contribution < -0.4 is 20.3 Å². The predicted octanol–water partition coefficient (Wildman–Crippen LogP) is 4.55. The fourth-order valence-electron chi connectivity index (χ4n) is 5.41. The van der Waals surface area contributed by atoms with Gasteiger partial charge in [0.25, 0.3) is 11.5 Å². The number of H-pyrrole nitrogens is 1. The van der Waals surface area contributed by atoms with Gasteiger partial charge in [0.2, 0.25) is 0 Å². The summed E-state index contributed by atoms with van der Waals surface area (Å²) in [6.07, 6.45) is 3.42. The van der Waals surface area contributed by atoms with E-state index in [1.165, 1.54) is 0 Å². The van der Waals surface area contributed by atoms with Crippen LogP contribution in [0.2, 0.25) is 5.02 Å². The van der Waals surface area contributed by atoms with Gasteiger partial charge in [-0.05, 0) is 63.6 Å². The van der Waals surface area contributed by atoms with Crippen molar-refractivity contribution in [3.8, 4) is 11.5 Å². The van der Waals surface area contributed by atoms with E-state index in [0.717, 1.165) is 43.6 Å². The minimum Gasteiger partial charge on any atom is -0.484 e. The summed E-state index contributed by atoms with van der Waals surface area (Å²) in [6, 6.07) is 4.03. The molecule has 1 aromatic heterocycles. The van der Waals surface area contributed by atoms with Gasteiger partial charge in [0.15, 0.2) is 11.5 Å². The molecule has 2 aromatic rings. The molecular weight excluding hydrogens is 506 g/mol. The summed E-state index contributed by atoms with van der Waals surface area (Å²) in [5.74, 6) is 0.948. The third kappa shape index (κ3) is 6.03. The number of methoxy groups -OCH3 is 1. The van der Waals surface area contributed by atoms with Crippen LogP contribution in [-0.2, 0) is 11.3 Å². The number of nitrogens with one attached hydrogen (secondary N) is 2. The van der Waals surface area contributed by atoms with Crippen LogP contribution in [0.5, 0.6) is 11.5 Å². The summed E-state index contributed by atoms with van der Waals surface area (Å²) in [5.41, 5.74) is 3.02. The van der Waals surface area contributed by atoms with Crippen molar-refractivity contribution in [2.45, 2.75) is 78.7 Å². The molecule has 0 aliphatic carbocycles. The summed E-state index contributed by atoms with van der Waals surface area (Å²) in [7, 11) is 1.78. The fraction of sp³-hybridized carbons (Fsp3) is 0.586. The van der Waals surface area contributed by atoms with E-state index in [-0.39, 0.29) is 30.0 Å². The zero-order chi connectivity index (χ0) is 27.6. The number of hydrogen-bond acceptors (Lipinski definition) is 6. The Hall–Kier alpha value is -2.55. The van der Waals surface area contributed by atoms with Crippen molar-refractivity contribution in [1.82, 2.24) is 15.2 Å². The van der Waals surface area contributed by atoms with Crippen molar-refractivity contribution in [3.63, 3.8) is 0 Å². The number of aromatic amines is 1. The quantitative estimate of drug-likeness (QED) is 0.455. The van der Waals surface area contributed by atoms with Gasteiger partial charge in [-0.1, -0.05) is 25.4 Å². The number of benzene rings is 1. The lowest BCUT2D eigenvalue weighted by molar-refractivity contribution is -0.0547. The van der Waals surface area contributed by atoms with Gasteiger partial charge in [0.1, 0.15) is 12.7 Å². The molecule has 1 unspecified atom stereocenters. The van der Waals surface area contributed by atoms with E-state index in [4.69, 9.17) is 25.8 Å². The van der Waals surface area contributed by atoms with Gasteiger partial charge in [-0.15, -0.1) is 0 Å². The maximum Gasteiger partial charge on any atom is 0.253 e. The molecule has 8 nitrogen and oxygen atoms in total. The fourth-order valence-corrected chi connectivity index (χ4v) is 5.66. The highest BCUT2D eigenvalue weighted by Gasteiger charge is 2.34. The predicted molar refractivity (Wildman–Crippen MR) is 149 cm³/mol. The number of rotatable bonds is 10. The van der Waals surface area contributed by atoms with E-state index in [2.05, 4.69) is 29.0 Å². The first-order chi connectivity index (χ1) is 18.1. The van der Waals surface area contributed by atoms with Crippen LogP contribution in [0.15, 0.2) is 16.9 Å². The Labute approximate surface area is 230 Å². The lowest BCUT2D eigenvalue weighted by Gasteiger charge is -2.44. The van der Waals surface area contributed by atoms with Gasteiger partial charge in [-0.25, -0.2) is 0 Å². The molecule has 2 N–H and O–H groups in total. The Morgan fingerprint density at radius 3 is 2.63 bits per heavy atom. The van der Waals surface area contributed by atoms with Crippen molar-refractivity contribution < 1.29 is 19.0 Å². The number of carbonyl (C=O) groups is 1. The lowest BCUT2D eigenvalue weighted by atomic mass is 9.93. The van der Waals surface area contributed by atoms with E-state index < -0.39 is 0 Å². The molecule has 9 heteroatoms. The number of amides is 1. The average molecular weight is 546 g/mol. The summed E-state index contributed by atoms with van der Waals surface area (Å²) >= 11 is 6.52. The largest absolute Gasteiger partial charge is 0.484 e. The zero-order valence-electron chi connectivity index (χ0n) is 23.3. The maximum atomic E-state index is 13.1. The first-order valence-electron chi connectivity index (χ1n) is 13.5. The number of halogens is 1. The van der Waals surface area contributed by atoms with Gasteiger partial charge in [-0.2, -0.15) is 0 Å². The van der Waals surface area contributed by atoms with Gasteiger partial charge in [0.05, 0.1) is 11.1 Å². The van der Waals surface area contributed by atoms with Crippen molar-refractivity contribution in [2.24, 2.45) is 5.92 Å². The maximum absolute atomic E-state index is 13.1. The smallest absolute Gasteiger partial charge is 0.253 e. The summed E-state index contributed by atoms with van der Waals surface area (Å²) in [5, 5.41) is 3.20. The topological polar surface area (TPSA) is 92.9 Å². The Morgan fingerprint density at radius 1 is 1.24 bits per heavy atom. The van der Waals surface area contributed by atoms with Crippen LogP contribution in [0.3, 0.4) is 0 Å². The second-order valence-electron chi connectivity index (χ2n) is 10.7. The van der Waals surface area contributed by atoms with E-state index in [1.807, 2.05) is 26.8 Å². The number of aromatic nitrogens is 1. The molecule has 0 saturated carbocycles. The van der Waals surface area contributed by atoms with E-state index in [1.54, 1.807) is 13.2 Å². The second kappa shape index (κ2) is 12.1. The van der Waals surface area contributed by atoms with Crippen molar-refractivity contribution in [3.05, 3.63) is 55.5 Å². The summed E-state index contributed by atoms with van der Waals surface area (Å²) in [4.78, 5) is 30.8. The molecule has 1 saturated heterocycles. The molecule has 0 radical (unpaired) electrons. The molecule has 208 valence electrons. The lowest BCUT2D eigenvalue weighted by Crippen LogP contribution is -2.56. The highest BCUT2D eigenvalue weighted by atomic mass is 35.5. The Morgan fingerprint density at radius 2 is 1.97 bits per heavy atom. The standard InChI is InChI=1S/C29H40ClN3O5/c1-7-20(33-13-21(14-33)36-6)9-8-16(2)25-15-37-27-24(30)11-22(19(5)26(27)38-25)28(34)31-12-23-17(3)10-18(4)32-29(23)35/h10-11,16,20-21,25H,7-9,12-15H2,1-6H3,(H,31,34)(H,32,35)/t16-,20+,25?/m0/s1. The van der Waals surface area contributed by atoms with Crippen LogP contribution in [0, 0.1) is 26.7 Å². The van der Waals surface area contributed by atoms with Crippen molar-refractivity contribution in [1.29, 1.82) is 0 Å². The first-order valence-corrected chi connectivity index (χ1v) is 13.9. The molecule has 0 spiro atoms. The molecule has 0 bridgehead atoms. The van der Waals surface area contributed by atoms with Gasteiger partial charge < -0.3 is 24.5 Å². The number of hydrogen-bond donors (Lipinski definition) is 2. The summed E-state index contributed by atoms with van der Waals surface area (Å²) in [6.45, 7) is 12.5. The average Bonchev–Trinajstić information content (AvgIpc) is 2.86. The number of aryl methyl sites for hydroxylation is 2. The first kappa shape index (κ1) is 28.5. The van der Waals surface area contributed by atoms with Crippen LogP contribution >= 0.6 is 11.6 Å². The Bertz CT molecular complexity index is 1220. The van der Waals surface area contributed by atoms with E-state index in [0.29, 0.717) is 52.0 Å². The van der Waals surface area contributed by atoms with Crippen LogP contribution in [0.1, 0.15) is 65.9 Å². The number of nitrogens with zero attached hydrogens (tertiary/aromatic N) is 1. The van der Waals surface area contributed by atoms with Crippen LogP contribution in [0.25, 0.3) is 0 Å². The van der Waals surface area contributed by atoms with Crippen molar-refractivity contribution in [2.75, 3.05) is 26.8 Å². The van der Waals surface area contributed by atoms with Gasteiger partial charge in [-0.3, -0.25) is 14.5 Å². The van der Waals surface area contributed by atoms with E-state index >= 15 is 0 Å². The van der Waals surface area contributed by atoms with Crippen LogP contribution in [-0.4, -0.2) is 60.8 Å². The molecule has 3 atom stereocenters. The Balaban J connectivity index is 1.42. The highest BCUT2D eigenvalue weighted by Crippen LogP contribution is 2.44. The van der Waals surface area contributed by atoms with E-state index in [9.17, 15) is 9.59 Å². The molecule has 4 rings (SSSR count). The number of ether oxygens (including phenoxy) is 3. The third-order valence-corrected chi connectivity index (χ3v) is 8.33. The van der Waals surface area contributed by atoms with Gasteiger partial charge >= 0.3 is 0 Å². The van der Waals surface area contributed by atoms with Gasteiger partial charge in [0, 0.05) is 55.2 Å². The summed E-state index contributed by atoms with van der Waals surface area (Å²) < 4.78 is 17.9. The number of carbonyl (C=O) groups excluding carboxylic acids is 1. The molecule has 1 amide bonds. The molecule has 2 aliphatic rings. The Kier molecular flexibility index (Phi) is 9.06. The monoisotopic (exact) mass is 545 g/mol. The molecule has 1 fully saturated rings. The van der Waals surface area contributed by atoms with Crippen molar-refractivity contribution >= 4 is 17.5 Å². The zero-order valence-corrected chi connectivity index (χ0v) is 24.0. The molecular formula is C29H40ClN3O5. The normalized spacial score (nSPS) is 19.1. The number of likely N-dealkylation sites (tertiary alicyclic amines) is 1. The molecule has 38 heavy (non-hydrogen) atoms. The minimum atomic E-state index is -0.319. The minimum absolute atomic E-state index is 0.117. The molecule has 3 heterocycles. The SMILES string of the molecule is CC[C@H](CC[C@H](C)C1COc2c(Cl)cc(C(=O)NCc3c(C)cc(C)[nH]c3=O)c(C)c2O1)N1CC(OC)C1. The molecule has 2 aliphatic heterocycles.